The Labute approximate surface area is 155 Å². The van der Waals surface area contributed by atoms with Gasteiger partial charge in [-0.2, -0.15) is 31.4 Å². The smallest absolute Gasteiger partial charge is 0.352 e. The van der Waals surface area contributed by atoms with Crippen LogP contribution in [0.3, 0.4) is 0 Å². The van der Waals surface area contributed by atoms with Crippen molar-refractivity contribution in [3.05, 3.63) is 53.2 Å². The summed E-state index contributed by atoms with van der Waals surface area (Å²) in [6.07, 6.45) is -8.50. The molecule has 28 heavy (non-hydrogen) atoms. The van der Waals surface area contributed by atoms with Gasteiger partial charge in [-0.15, -0.1) is 5.10 Å². The molecule has 2 aromatic rings. The number of carbonyl (C=O) groups is 1. The molecule has 0 radical (unpaired) electrons. The van der Waals surface area contributed by atoms with Gasteiger partial charge in [0.25, 0.3) is 5.91 Å². The zero-order valence-electron chi connectivity index (χ0n) is 14.3. The van der Waals surface area contributed by atoms with Crippen LogP contribution in [0.2, 0.25) is 0 Å². The molecule has 150 valence electrons. The molecule has 0 unspecified atom stereocenters. The Balaban J connectivity index is 1.81. The number of aromatic nitrogens is 2. The van der Waals surface area contributed by atoms with E-state index in [0.29, 0.717) is 31.0 Å². The molecule has 2 heterocycles. The molecule has 1 aromatic heterocycles. The highest BCUT2D eigenvalue weighted by atomic mass is 19.4. The molecule has 5 nitrogen and oxygen atoms in total. The Bertz CT molecular complexity index is 813. The molecular formula is C17H14F6N4O. The van der Waals surface area contributed by atoms with Crippen LogP contribution < -0.4 is 4.90 Å². The van der Waals surface area contributed by atoms with Gasteiger partial charge in [0.15, 0.2) is 5.82 Å². The summed E-state index contributed by atoms with van der Waals surface area (Å²) in [6.45, 7) is 0.922. The van der Waals surface area contributed by atoms with Gasteiger partial charge in [0, 0.05) is 37.9 Å². The third-order valence-corrected chi connectivity index (χ3v) is 4.28. The molecule has 1 amide bonds. The lowest BCUT2D eigenvalue weighted by atomic mass is 10.0. The molecule has 0 N–H and O–H groups in total. The Morgan fingerprint density at radius 3 is 1.93 bits per heavy atom. The quantitative estimate of drug-likeness (QED) is 0.720. The minimum absolute atomic E-state index is 0.00277. The van der Waals surface area contributed by atoms with E-state index in [4.69, 9.17) is 0 Å². The van der Waals surface area contributed by atoms with Gasteiger partial charge < -0.3 is 9.80 Å². The van der Waals surface area contributed by atoms with Gasteiger partial charge in [-0.3, -0.25) is 4.79 Å². The van der Waals surface area contributed by atoms with Crippen molar-refractivity contribution in [1.29, 1.82) is 0 Å². The summed E-state index contributed by atoms with van der Waals surface area (Å²) in [7, 11) is 0. The zero-order chi connectivity index (χ0) is 20.5. The maximum Gasteiger partial charge on any atom is 0.416 e. The molecule has 0 spiro atoms. The summed E-state index contributed by atoms with van der Waals surface area (Å²) in [5.41, 5.74) is -3.66. The molecule has 0 saturated carbocycles. The second-order valence-corrected chi connectivity index (χ2v) is 6.16. The average molecular weight is 404 g/mol. The number of piperazine rings is 1. The van der Waals surface area contributed by atoms with Crippen LogP contribution in [0.1, 0.15) is 21.5 Å². The number of carbonyl (C=O) groups excluding carboxylic acids is 1. The SMILES string of the molecule is O=C(c1cc(C(F)(F)F)cc(C(F)(F)F)c1)N1CCN(c2cccnn2)CC1. The number of hydrogen-bond donors (Lipinski definition) is 0. The first kappa shape index (κ1) is 19.9. The van der Waals surface area contributed by atoms with E-state index in [2.05, 4.69) is 10.2 Å². The highest BCUT2D eigenvalue weighted by Gasteiger charge is 2.38. The normalized spacial score (nSPS) is 15.6. The summed E-state index contributed by atoms with van der Waals surface area (Å²) in [4.78, 5) is 15.6. The van der Waals surface area contributed by atoms with Crippen LogP contribution in [0.4, 0.5) is 32.2 Å². The summed E-state index contributed by atoms with van der Waals surface area (Å²) < 4.78 is 77.8. The second kappa shape index (κ2) is 7.28. The lowest BCUT2D eigenvalue weighted by Gasteiger charge is -2.35. The van der Waals surface area contributed by atoms with Gasteiger partial charge in [-0.05, 0) is 30.3 Å². The number of rotatable bonds is 2. The predicted octanol–water partition coefficient (Wildman–Crippen LogP) is 3.48. The fourth-order valence-electron chi connectivity index (χ4n) is 2.86. The van der Waals surface area contributed by atoms with Crippen LogP contribution in [0.15, 0.2) is 36.5 Å². The Hall–Kier alpha value is -2.85. The Morgan fingerprint density at radius 2 is 1.46 bits per heavy atom. The van der Waals surface area contributed by atoms with Crippen molar-refractivity contribution in [1.82, 2.24) is 15.1 Å². The standard InChI is InChI=1S/C17H14F6N4O/c18-16(19,20)12-8-11(9-13(10-12)17(21,22)23)15(28)27-6-4-26(5-7-27)14-2-1-3-24-25-14/h1-3,8-10H,4-7H2. The summed E-state index contributed by atoms with van der Waals surface area (Å²) in [6, 6.07) is 4.30. The molecule has 1 aliphatic rings. The van der Waals surface area contributed by atoms with Gasteiger partial charge >= 0.3 is 12.4 Å². The summed E-state index contributed by atoms with van der Waals surface area (Å²) >= 11 is 0. The molecule has 0 bridgehead atoms. The number of halogens is 6. The van der Waals surface area contributed by atoms with Crippen LogP contribution in [0, 0.1) is 0 Å². The van der Waals surface area contributed by atoms with Crippen molar-refractivity contribution >= 4 is 11.7 Å². The highest BCUT2D eigenvalue weighted by Crippen LogP contribution is 2.36. The second-order valence-electron chi connectivity index (χ2n) is 6.16. The van der Waals surface area contributed by atoms with E-state index in [1.807, 2.05) is 4.90 Å². The summed E-state index contributed by atoms with van der Waals surface area (Å²) in [5.74, 6) is -0.302. The van der Waals surface area contributed by atoms with Crippen molar-refractivity contribution in [3.63, 3.8) is 0 Å². The largest absolute Gasteiger partial charge is 0.416 e. The Kier molecular flexibility index (Phi) is 5.18. The van der Waals surface area contributed by atoms with Crippen LogP contribution in [-0.2, 0) is 12.4 Å². The van der Waals surface area contributed by atoms with E-state index >= 15 is 0 Å². The summed E-state index contributed by atoms with van der Waals surface area (Å²) in [5, 5.41) is 7.67. The number of anilines is 1. The van der Waals surface area contributed by atoms with E-state index < -0.39 is 35.0 Å². The lowest BCUT2D eigenvalue weighted by molar-refractivity contribution is -0.143. The maximum atomic E-state index is 13.0. The molecule has 1 aliphatic heterocycles. The Morgan fingerprint density at radius 1 is 0.893 bits per heavy atom. The molecule has 3 rings (SSSR count). The van der Waals surface area contributed by atoms with Crippen molar-refractivity contribution in [3.8, 4) is 0 Å². The van der Waals surface area contributed by atoms with E-state index in [0.717, 1.165) is 0 Å². The predicted molar refractivity (Wildman–Crippen MR) is 86.6 cm³/mol. The zero-order valence-corrected chi connectivity index (χ0v) is 14.3. The minimum Gasteiger partial charge on any atom is -0.352 e. The first-order chi connectivity index (χ1) is 13.1. The molecule has 1 aromatic carbocycles. The first-order valence-corrected chi connectivity index (χ1v) is 8.17. The molecule has 0 atom stereocenters. The van der Waals surface area contributed by atoms with Crippen molar-refractivity contribution in [2.24, 2.45) is 0 Å². The first-order valence-electron chi connectivity index (χ1n) is 8.17. The van der Waals surface area contributed by atoms with Gasteiger partial charge in [-0.25, -0.2) is 0 Å². The van der Waals surface area contributed by atoms with E-state index in [1.165, 1.54) is 11.1 Å². The van der Waals surface area contributed by atoms with Crippen molar-refractivity contribution < 1.29 is 31.1 Å². The molecule has 0 aliphatic carbocycles. The van der Waals surface area contributed by atoms with E-state index in [-0.39, 0.29) is 19.2 Å². The topological polar surface area (TPSA) is 49.3 Å². The van der Waals surface area contributed by atoms with Gasteiger partial charge in [0.1, 0.15) is 0 Å². The van der Waals surface area contributed by atoms with Gasteiger partial charge in [-0.1, -0.05) is 0 Å². The van der Waals surface area contributed by atoms with Crippen molar-refractivity contribution in [2.45, 2.75) is 12.4 Å². The van der Waals surface area contributed by atoms with Crippen LogP contribution >= 0.6 is 0 Å². The van der Waals surface area contributed by atoms with E-state index in [1.54, 1.807) is 12.1 Å². The molecular weight excluding hydrogens is 390 g/mol. The maximum absolute atomic E-state index is 13.0. The molecule has 1 fully saturated rings. The third-order valence-electron chi connectivity index (χ3n) is 4.28. The molecule has 11 heteroatoms. The van der Waals surface area contributed by atoms with Gasteiger partial charge in [0.2, 0.25) is 0 Å². The third kappa shape index (κ3) is 4.34. The molecule has 1 saturated heterocycles. The fraction of sp³-hybridized carbons (Fsp3) is 0.353. The van der Waals surface area contributed by atoms with Gasteiger partial charge in [0.05, 0.1) is 11.1 Å². The minimum atomic E-state index is -5.00. The lowest BCUT2D eigenvalue weighted by Crippen LogP contribution is -2.49. The number of nitrogens with zero attached hydrogens (tertiary/aromatic N) is 4. The average Bonchev–Trinajstić information content (AvgIpc) is 2.66. The van der Waals surface area contributed by atoms with Crippen LogP contribution in [0.5, 0.6) is 0 Å². The number of hydrogen-bond acceptors (Lipinski definition) is 4. The van der Waals surface area contributed by atoms with Crippen LogP contribution in [-0.4, -0.2) is 47.2 Å². The fourth-order valence-corrected chi connectivity index (χ4v) is 2.86. The monoisotopic (exact) mass is 404 g/mol. The number of benzene rings is 1. The number of amides is 1. The number of alkyl halides is 6. The van der Waals surface area contributed by atoms with E-state index in [9.17, 15) is 31.1 Å². The van der Waals surface area contributed by atoms with Crippen molar-refractivity contribution in [2.75, 3.05) is 31.1 Å². The highest BCUT2D eigenvalue weighted by molar-refractivity contribution is 5.95. The van der Waals surface area contributed by atoms with Crippen LogP contribution in [0.25, 0.3) is 0 Å².